The predicted molar refractivity (Wildman–Crippen MR) is 138 cm³/mol. The van der Waals surface area contributed by atoms with Crippen molar-refractivity contribution >= 4 is 11.5 Å². The van der Waals surface area contributed by atoms with Gasteiger partial charge in [0.2, 0.25) is 0 Å². The second-order valence-electron chi connectivity index (χ2n) is 10.1. The number of hydrogen-bond acceptors (Lipinski definition) is 9. The maximum absolute atomic E-state index is 6.20. The molecule has 1 aromatic carbocycles. The van der Waals surface area contributed by atoms with Crippen LogP contribution in [0.5, 0.6) is 5.75 Å². The molecule has 3 aliphatic rings. The van der Waals surface area contributed by atoms with Gasteiger partial charge in [-0.05, 0) is 44.4 Å². The van der Waals surface area contributed by atoms with Crippen molar-refractivity contribution in [3.63, 3.8) is 0 Å². The number of hydrogen-bond donors (Lipinski definition) is 0. The molecule has 1 saturated heterocycles. The van der Waals surface area contributed by atoms with Gasteiger partial charge < -0.3 is 23.8 Å². The van der Waals surface area contributed by atoms with Gasteiger partial charge in [-0.15, -0.1) is 0 Å². The van der Waals surface area contributed by atoms with Crippen molar-refractivity contribution in [3.05, 3.63) is 47.4 Å². The van der Waals surface area contributed by atoms with Crippen LogP contribution in [0.15, 0.2) is 35.6 Å². The minimum Gasteiger partial charge on any atom is -0.488 e. The van der Waals surface area contributed by atoms with Gasteiger partial charge >= 0.3 is 0 Å². The SMILES string of the molecule is COC(COCCN1CCN(c2cc(C3=NCc4ccc(OC5(C)CC5)cc43)ncn2)C[C@@H]1C)OC. The maximum atomic E-state index is 6.20. The fraction of sp³-hybridized carbons (Fsp3) is 0.593. The Balaban J connectivity index is 1.20. The Morgan fingerprint density at radius 1 is 1.11 bits per heavy atom. The average molecular weight is 496 g/mol. The highest BCUT2D eigenvalue weighted by Gasteiger charge is 2.40. The number of methoxy groups -OCH3 is 2. The molecule has 9 nitrogen and oxygen atoms in total. The molecule has 0 spiro atoms. The van der Waals surface area contributed by atoms with Crippen molar-refractivity contribution in [2.45, 2.75) is 51.2 Å². The fourth-order valence-electron chi connectivity index (χ4n) is 4.79. The minimum atomic E-state index is -0.316. The highest BCUT2D eigenvalue weighted by Crippen LogP contribution is 2.40. The predicted octanol–water partition coefficient (Wildman–Crippen LogP) is 2.90. The fourth-order valence-corrected chi connectivity index (χ4v) is 4.79. The van der Waals surface area contributed by atoms with Crippen LogP contribution < -0.4 is 9.64 Å². The van der Waals surface area contributed by atoms with Crippen molar-refractivity contribution in [1.29, 1.82) is 0 Å². The summed E-state index contributed by atoms with van der Waals surface area (Å²) < 4.78 is 22.3. The molecule has 1 atom stereocenters. The summed E-state index contributed by atoms with van der Waals surface area (Å²) in [4.78, 5) is 18.8. The lowest BCUT2D eigenvalue weighted by Crippen LogP contribution is -2.53. The molecule has 1 saturated carbocycles. The first-order valence-corrected chi connectivity index (χ1v) is 12.8. The van der Waals surface area contributed by atoms with Crippen molar-refractivity contribution in [1.82, 2.24) is 14.9 Å². The molecular formula is C27H37N5O4. The summed E-state index contributed by atoms with van der Waals surface area (Å²) in [5.41, 5.74) is 4.11. The number of aromatic nitrogens is 2. The molecule has 0 N–H and O–H groups in total. The van der Waals surface area contributed by atoms with Crippen LogP contribution in [-0.2, 0) is 20.8 Å². The zero-order valence-electron chi connectivity index (χ0n) is 21.8. The van der Waals surface area contributed by atoms with Crippen molar-refractivity contribution in [2.75, 3.05) is 58.5 Å². The average Bonchev–Trinajstić information content (AvgIpc) is 3.46. The molecular weight excluding hydrogens is 458 g/mol. The molecule has 0 bridgehead atoms. The Labute approximate surface area is 213 Å². The smallest absolute Gasteiger partial charge is 0.180 e. The summed E-state index contributed by atoms with van der Waals surface area (Å²) >= 11 is 0. The van der Waals surface area contributed by atoms with E-state index in [-0.39, 0.29) is 11.9 Å². The van der Waals surface area contributed by atoms with Crippen LogP contribution in [0.25, 0.3) is 0 Å². The molecule has 3 heterocycles. The molecule has 2 fully saturated rings. The first-order valence-electron chi connectivity index (χ1n) is 12.8. The zero-order valence-corrected chi connectivity index (χ0v) is 21.8. The lowest BCUT2D eigenvalue weighted by atomic mass is 10.0. The summed E-state index contributed by atoms with van der Waals surface area (Å²) in [7, 11) is 3.24. The molecule has 2 aliphatic heterocycles. The van der Waals surface area contributed by atoms with Gasteiger partial charge in [0.25, 0.3) is 0 Å². The van der Waals surface area contributed by atoms with Gasteiger partial charge in [-0.1, -0.05) is 6.07 Å². The third kappa shape index (κ3) is 5.70. The standard InChI is InChI=1S/C27H37N5O4/c1-19-16-32(10-9-31(19)11-12-35-17-25(33-3)34-4)24-14-23(29-18-30-24)26-22-13-21(36-27(2)7-8-27)6-5-20(22)15-28-26/h5-6,13-14,18-19,25H,7-12,15-17H2,1-4H3/t19-/m0/s1. The Hall–Kier alpha value is -2.59. The van der Waals surface area contributed by atoms with E-state index in [0.717, 1.165) is 67.6 Å². The summed E-state index contributed by atoms with van der Waals surface area (Å²) in [5.74, 6) is 1.85. The molecule has 1 aliphatic carbocycles. The molecule has 2 aromatic rings. The van der Waals surface area contributed by atoms with Crippen LogP contribution in [0.3, 0.4) is 0 Å². The highest BCUT2D eigenvalue weighted by molar-refractivity contribution is 6.14. The number of piperazine rings is 1. The molecule has 0 amide bonds. The monoisotopic (exact) mass is 495 g/mol. The first-order chi connectivity index (χ1) is 17.5. The second kappa shape index (κ2) is 10.8. The van der Waals surface area contributed by atoms with E-state index < -0.39 is 0 Å². The van der Waals surface area contributed by atoms with E-state index in [4.69, 9.17) is 23.9 Å². The first kappa shape index (κ1) is 25.1. The lowest BCUT2D eigenvalue weighted by molar-refractivity contribution is -0.141. The summed E-state index contributed by atoms with van der Waals surface area (Å²) in [6.45, 7) is 9.80. The summed E-state index contributed by atoms with van der Waals surface area (Å²) in [6.07, 6.45) is 3.56. The molecule has 0 radical (unpaired) electrons. The van der Waals surface area contributed by atoms with Crippen LogP contribution in [-0.4, -0.2) is 92.1 Å². The Morgan fingerprint density at radius 2 is 1.94 bits per heavy atom. The van der Waals surface area contributed by atoms with E-state index in [9.17, 15) is 0 Å². The minimum absolute atomic E-state index is 0.00648. The summed E-state index contributed by atoms with van der Waals surface area (Å²) in [5, 5.41) is 0. The summed E-state index contributed by atoms with van der Waals surface area (Å²) in [6, 6.07) is 8.77. The largest absolute Gasteiger partial charge is 0.488 e. The molecule has 9 heteroatoms. The number of benzene rings is 1. The second-order valence-corrected chi connectivity index (χ2v) is 10.1. The normalized spacial score (nSPS) is 21.0. The Morgan fingerprint density at radius 3 is 2.69 bits per heavy atom. The zero-order chi connectivity index (χ0) is 25.1. The molecule has 5 rings (SSSR count). The van der Waals surface area contributed by atoms with Crippen LogP contribution in [0.4, 0.5) is 5.82 Å². The van der Waals surface area contributed by atoms with E-state index >= 15 is 0 Å². The van der Waals surface area contributed by atoms with Crippen molar-refractivity contribution in [2.24, 2.45) is 4.99 Å². The van der Waals surface area contributed by atoms with Crippen LogP contribution in [0, 0.1) is 0 Å². The highest BCUT2D eigenvalue weighted by atomic mass is 16.7. The lowest BCUT2D eigenvalue weighted by Gasteiger charge is -2.40. The number of ether oxygens (including phenoxy) is 4. The number of anilines is 1. The van der Waals surface area contributed by atoms with E-state index in [0.29, 0.717) is 25.8 Å². The van der Waals surface area contributed by atoms with Crippen molar-refractivity contribution < 1.29 is 18.9 Å². The number of fused-ring (bicyclic) bond motifs is 1. The van der Waals surface area contributed by atoms with E-state index in [1.165, 1.54) is 5.56 Å². The van der Waals surface area contributed by atoms with Gasteiger partial charge in [-0.2, -0.15) is 0 Å². The van der Waals surface area contributed by atoms with Crippen LogP contribution >= 0.6 is 0 Å². The van der Waals surface area contributed by atoms with Crippen LogP contribution in [0.1, 0.15) is 43.5 Å². The van der Waals surface area contributed by atoms with Crippen LogP contribution in [0.2, 0.25) is 0 Å². The molecule has 36 heavy (non-hydrogen) atoms. The molecule has 1 aromatic heterocycles. The van der Waals surface area contributed by atoms with Crippen molar-refractivity contribution in [3.8, 4) is 5.75 Å². The van der Waals surface area contributed by atoms with E-state index in [2.05, 4.69) is 57.9 Å². The maximum Gasteiger partial charge on any atom is 0.180 e. The van der Waals surface area contributed by atoms with Gasteiger partial charge in [0, 0.05) is 58.1 Å². The Bertz CT molecular complexity index is 1090. The van der Waals surface area contributed by atoms with Gasteiger partial charge in [0.05, 0.1) is 31.2 Å². The van der Waals surface area contributed by atoms with Gasteiger partial charge in [0.15, 0.2) is 6.29 Å². The third-order valence-electron chi connectivity index (χ3n) is 7.35. The topological polar surface area (TPSA) is 81.5 Å². The molecule has 0 unspecified atom stereocenters. The van der Waals surface area contributed by atoms with E-state index in [1.54, 1.807) is 20.5 Å². The third-order valence-corrected chi connectivity index (χ3v) is 7.35. The van der Waals surface area contributed by atoms with Gasteiger partial charge in [-0.3, -0.25) is 9.89 Å². The molecule has 194 valence electrons. The number of aliphatic imine (C=N–C) groups is 1. The van der Waals surface area contributed by atoms with E-state index in [1.807, 2.05) is 0 Å². The van der Waals surface area contributed by atoms with Gasteiger partial charge in [0.1, 0.15) is 23.5 Å². The van der Waals surface area contributed by atoms with Gasteiger partial charge in [-0.25, -0.2) is 9.97 Å². The number of rotatable bonds is 11. The quantitative estimate of drug-likeness (QED) is 0.348. The number of nitrogens with zero attached hydrogens (tertiary/aromatic N) is 5. The Kier molecular flexibility index (Phi) is 7.52.